The van der Waals surface area contributed by atoms with Gasteiger partial charge in [-0.1, -0.05) is 18.2 Å². The molecule has 1 atom stereocenters. The van der Waals surface area contributed by atoms with Gasteiger partial charge in [-0.3, -0.25) is 9.59 Å². The number of para-hydroxylation sites is 1. The molecule has 3 rings (SSSR count). The molecule has 0 aliphatic carbocycles. The van der Waals surface area contributed by atoms with Crippen LogP contribution in [0.25, 0.3) is 0 Å². The van der Waals surface area contributed by atoms with Crippen molar-refractivity contribution in [3.05, 3.63) is 54.0 Å². The topological polar surface area (TPSA) is 63.0 Å². The van der Waals surface area contributed by atoms with E-state index >= 15 is 0 Å². The van der Waals surface area contributed by atoms with E-state index in [0.717, 1.165) is 44.6 Å². The van der Waals surface area contributed by atoms with Crippen molar-refractivity contribution in [3.63, 3.8) is 0 Å². The number of benzene rings is 1. The Hall–Kier alpha value is -2.60. The number of likely N-dealkylation sites (tertiary alicyclic amines) is 1. The number of carbonyl (C=O) groups is 2. The number of amides is 1. The highest BCUT2D eigenvalue weighted by molar-refractivity contribution is 6.41. The number of methoxy groups -OCH3 is 1. The van der Waals surface area contributed by atoms with Crippen molar-refractivity contribution in [2.75, 3.05) is 40.3 Å². The van der Waals surface area contributed by atoms with Gasteiger partial charge >= 0.3 is 0 Å². The molecule has 6 heteroatoms. The van der Waals surface area contributed by atoms with E-state index in [9.17, 15) is 9.59 Å². The maximum absolute atomic E-state index is 12.4. The van der Waals surface area contributed by atoms with Crippen LogP contribution in [-0.2, 0) is 11.2 Å². The molecule has 1 aliphatic rings. The van der Waals surface area contributed by atoms with Crippen molar-refractivity contribution in [1.82, 2.24) is 9.80 Å². The molecule has 0 unspecified atom stereocenters. The van der Waals surface area contributed by atoms with Crippen LogP contribution in [-0.4, -0.2) is 61.8 Å². The van der Waals surface area contributed by atoms with Crippen LogP contribution in [0.2, 0.25) is 0 Å². The molecule has 0 bridgehead atoms. The van der Waals surface area contributed by atoms with Gasteiger partial charge in [0.2, 0.25) is 0 Å². The van der Waals surface area contributed by atoms with Gasteiger partial charge in [0, 0.05) is 26.7 Å². The first-order valence-corrected chi connectivity index (χ1v) is 9.76. The molecule has 1 saturated heterocycles. The molecular weight excluding hydrogens is 356 g/mol. The third-order valence-electron chi connectivity index (χ3n) is 5.31. The summed E-state index contributed by atoms with van der Waals surface area (Å²) in [6.45, 7) is 3.53. The Morgan fingerprint density at radius 3 is 2.82 bits per heavy atom. The number of carbonyl (C=O) groups excluding carboxylic acids is 2. The van der Waals surface area contributed by atoms with Crippen molar-refractivity contribution in [2.24, 2.45) is 5.92 Å². The number of hydrogen-bond donors (Lipinski definition) is 0. The molecule has 0 radical (unpaired) electrons. The van der Waals surface area contributed by atoms with Gasteiger partial charge in [-0.05, 0) is 55.5 Å². The van der Waals surface area contributed by atoms with E-state index in [1.807, 2.05) is 18.2 Å². The highest BCUT2D eigenvalue weighted by atomic mass is 16.5. The van der Waals surface area contributed by atoms with Crippen LogP contribution in [0.1, 0.15) is 29.0 Å². The lowest BCUT2D eigenvalue weighted by Gasteiger charge is -2.34. The molecular formula is C22H28N2O4. The number of Topliss-reactive ketones (excluding diaryl/α,β-unsaturated/α-hetero) is 1. The van der Waals surface area contributed by atoms with E-state index in [0.29, 0.717) is 12.5 Å². The van der Waals surface area contributed by atoms with Gasteiger partial charge in [0.05, 0.1) is 13.4 Å². The third kappa shape index (κ3) is 5.01. The zero-order valence-corrected chi connectivity index (χ0v) is 16.6. The van der Waals surface area contributed by atoms with Crippen LogP contribution < -0.4 is 4.74 Å². The predicted molar refractivity (Wildman–Crippen MR) is 107 cm³/mol. The Bertz CT molecular complexity index is 788. The SMILES string of the molecule is COc1ccccc1CCN1CCC[C@H](CN(C)C(=O)C(=O)c2ccco2)C1. The van der Waals surface area contributed by atoms with Crippen LogP contribution in [0.3, 0.4) is 0 Å². The van der Waals surface area contributed by atoms with E-state index in [2.05, 4.69) is 11.0 Å². The minimum Gasteiger partial charge on any atom is -0.496 e. The molecule has 28 heavy (non-hydrogen) atoms. The Labute approximate surface area is 166 Å². The second kappa shape index (κ2) is 9.55. The summed E-state index contributed by atoms with van der Waals surface area (Å²) in [7, 11) is 3.39. The highest BCUT2D eigenvalue weighted by Gasteiger charge is 2.27. The van der Waals surface area contributed by atoms with Gasteiger partial charge in [0.25, 0.3) is 11.7 Å². The number of piperidine rings is 1. The van der Waals surface area contributed by atoms with E-state index in [1.54, 1.807) is 20.2 Å². The number of rotatable bonds is 8. The zero-order chi connectivity index (χ0) is 19.9. The minimum atomic E-state index is -0.587. The number of likely N-dealkylation sites (N-methyl/N-ethyl adjacent to an activating group) is 1. The molecule has 1 fully saturated rings. The summed E-state index contributed by atoms with van der Waals surface area (Å²) >= 11 is 0. The van der Waals surface area contributed by atoms with Gasteiger partial charge in [-0.15, -0.1) is 0 Å². The molecule has 2 aromatic rings. The lowest BCUT2D eigenvalue weighted by molar-refractivity contribution is -0.126. The minimum absolute atomic E-state index is 0.0962. The standard InChI is InChI=1S/C22H28N2O4/c1-23(22(26)21(25)20-10-6-14-28-20)15-17-7-5-12-24(16-17)13-11-18-8-3-4-9-19(18)27-2/h3-4,6,8-10,14,17H,5,7,11-13,15-16H2,1-2H3/t17-/m1/s1. The number of ether oxygens (including phenoxy) is 1. The molecule has 0 spiro atoms. The first-order valence-electron chi connectivity index (χ1n) is 9.76. The Morgan fingerprint density at radius 1 is 1.25 bits per heavy atom. The quantitative estimate of drug-likeness (QED) is 0.517. The van der Waals surface area contributed by atoms with Crippen LogP contribution in [0.5, 0.6) is 5.75 Å². The number of nitrogens with zero attached hydrogens (tertiary/aromatic N) is 2. The summed E-state index contributed by atoms with van der Waals surface area (Å²) in [5, 5.41) is 0. The lowest BCUT2D eigenvalue weighted by atomic mass is 9.97. The van der Waals surface area contributed by atoms with Crippen molar-refractivity contribution in [2.45, 2.75) is 19.3 Å². The van der Waals surface area contributed by atoms with E-state index < -0.39 is 11.7 Å². The van der Waals surface area contributed by atoms with Crippen LogP contribution >= 0.6 is 0 Å². The first-order chi connectivity index (χ1) is 13.6. The van der Waals surface area contributed by atoms with Gasteiger partial charge in [0.15, 0.2) is 5.76 Å². The molecule has 1 aromatic heterocycles. The molecule has 6 nitrogen and oxygen atoms in total. The molecule has 2 heterocycles. The van der Waals surface area contributed by atoms with Crippen LogP contribution in [0.15, 0.2) is 47.1 Å². The maximum Gasteiger partial charge on any atom is 0.298 e. The number of ketones is 1. The zero-order valence-electron chi connectivity index (χ0n) is 16.6. The van der Waals surface area contributed by atoms with E-state index in [4.69, 9.17) is 9.15 Å². The van der Waals surface area contributed by atoms with Crippen LogP contribution in [0, 0.1) is 5.92 Å². The Kier molecular flexibility index (Phi) is 6.87. The number of hydrogen-bond acceptors (Lipinski definition) is 5. The molecule has 1 aliphatic heterocycles. The normalized spacial score (nSPS) is 17.3. The van der Waals surface area contributed by atoms with Gasteiger partial charge in [0.1, 0.15) is 5.75 Å². The molecule has 0 saturated carbocycles. The highest BCUT2D eigenvalue weighted by Crippen LogP contribution is 2.21. The Balaban J connectivity index is 1.50. The fourth-order valence-electron chi connectivity index (χ4n) is 3.85. The van der Waals surface area contributed by atoms with Crippen molar-refractivity contribution >= 4 is 11.7 Å². The summed E-state index contributed by atoms with van der Waals surface area (Å²) in [4.78, 5) is 28.5. The second-order valence-electron chi connectivity index (χ2n) is 7.36. The summed E-state index contributed by atoms with van der Waals surface area (Å²) in [6, 6.07) is 11.2. The fourth-order valence-corrected chi connectivity index (χ4v) is 3.85. The summed E-state index contributed by atoms with van der Waals surface area (Å²) in [6.07, 6.45) is 4.51. The summed E-state index contributed by atoms with van der Waals surface area (Å²) in [5.74, 6) is 0.291. The maximum atomic E-state index is 12.4. The Morgan fingerprint density at radius 2 is 2.07 bits per heavy atom. The molecule has 150 valence electrons. The molecule has 0 N–H and O–H groups in total. The average molecular weight is 384 g/mol. The largest absolute Gasteiger partial charge is 0.496 e. The predicted octanol–water partition coefficient (Wildman–Crippen LogP) is 2.88. The average Bonchev–Trinajstić information content (AvgIpc) is 3.26. The second-order valence-corrected chi connectivity index (χ2v) is 7.36. The lowest BCUT2D eigenvalue weighted by Crippen LogP contribution is -2.43. The van der Waals surface area contributed by atoms with Crippen molar-refractivity contribution in [1.29, 1.82) is 0 Å². The molecule has 1 aromatic carbocycles. The van der Waals surface area contributed by atoms with E-state index in [1.165, 1.54) is 22.8 Å². The monoisotopic (exact) mass is 384 g/mol. The first kappa shape index (κ1) is 20.1. The summed E-state index contributed by atoms with van der Waals surface area (Å²) < 4.78 is 10.5. The summed E-state index contributed by atoms with van der Waals surface area (Å²) in [5.41, 5.74) is 1.21. The van der Waals surface area contributed by atoms with Crippen molar-refractivity contribution in [3.8, 4) is 5.75 Å². The van der Waals surface area contributed by atoms with Crippen molar-refractivity contribution < 1.29 is 18.7 Å². The molecule has 1 amide bonds. The smallest absolute Gasteiger partial charge is 0.298 e. The van der Waals surface area contributed by atoms with Gasteiger partial charge in [-0.25, -0.2) is 0 Å². The number of furan rings is 1. The van der Waals surface area contributed by atoms with Gasteiger partial charge < -0.3 is 19.0 Å². The van der Waals surface area contributed by atoms with Gasteiger partial charge in [-0.2, -0.15) is 0 Å². The van der Waals surface area contributed by atoms with Crippen LogP contribution in [0.4, 0.5) is 0 Å². The third-order valence-corrected chi connectivity index (χ3v) is 5.31. The fraction of sp³-hybridized carbons (Fsp3) is 0.455. The van der Waals surface area contributed by atoms with E-state index in [-0.39, 0.29) is 5.76 Å².